The molecule has 4 amide bonds. The molecule has 4 N–H and O–H groups in total. The minimum absolute atomic E-state index is 0.139. The van der Waals surface area contributed by atoms with E-state index in [-0.39, 0.29) is 34.3 Å². The molecule has 224 valence electrons. The van der Waals surface area contributed by atoms with Gasteiger partial charge >= 0.3 is 0 Å². The summed E-state index contributed by atoms with van der Waals surface area (Å²) in [6, 6.07) is 17.0. The van der Waals surface area contributed by atoms with Gasteiger partial charge in [-0.3, -0.25) is 19.2 Å². The summed E-state index contributed by atoms with van der Waals surface area (Å²) in [5.41, 5.74) is 1.52. The zero-order valence-corrected chi connectivity index (χ0v) is 26.0. The van der Waals surface area contributed by atoms with Gasteiger partial charge in [0, 0.05) is 30.3 Å². The summed E-state index contributed by atoms with van der Waals surface area (Å²) in [7, 11) is 1.54. The fraction of sp³-hybridized carbons (Fsp3) is 0.500. The van der Waals surface area contributed by atoms with Crippen molar-refractivity contribution in [2.45, 2.75) is 82.4 Å². The predicted molar refractivity (Wildman–Crippen MR) is 167 cm³/mol. The normalized spacial score (nSPS) is 13.5. The van der Waals surface area contributed by atoms with Gasteiger partial charge in [-0.2, -0.15) is 0 Å². The fourth-order valence-corrected chi connectivity index (χ4v) is 5.64. The number of likely N-dealkylation sites (N-methyl/N-ethyl adjacent to an activating group) is 1. The Morgan fingerprint density at radius 1 is 0.805 bits per heavy atom. The van der Waals surface area contributed by atoms with Gasteiger partial charge in [-0.05, 0) is 42.9 Å². The van der Waals surface area contributed by atoms with Crippen LogP contribution in [0.3, 0.4) is 0 Å². The van der Waals surface area contributed by atoms with E-state index in [4.69, 9.17) is 0 Å². The highest BCUT2D eigenvalue weighted by atomic mass is 32.2. The first kappa shape index (κ1) is 33.9. The number of carbonyl (C=O) groups is 4. The topological polar surface area (TPSA) is 116 Å². The minimum Gasteiger partial charge on any atom is -0.357 e. The number of rotatable bonds is 15. The Bertz CT molecular complexity index is 1120. The van der Waals surface area contributed by atoms with Crippen molar-refractivity contribution in [3.05, 3.63) is 71.8 Å². The summed E-state index contributed by atoms with van der Waals surface area (Å²) in [6.07, 6.45) is 1.92. The molecule has 2 rings (SSSR count). The molecule has 0 aliphatic carbocycles. The molecule has 0 radical (unpaired) electrons. The van der Waals surface area contributed by atoms with Gasteiger partial charge in [-0.1, -0.05) is 83.1 Å². The van der Waals surface area contributed by atoms with E-state index in [2.05, 4.69) is 21.3 Å². The molecule has 0 aromatic heterocycles. The van der Waals surface area contributed by atoms with Crippen LogP contribution in [0.2, 0.25) is 0 Å². The third-order valence-corrected chi connectivity index (χ3v) is 7.70. The molecule has 0 aliphatic rings. The first-order valence-corrected chi connectivity index (χ1v) is 15.1. The van der Waals surface area contributed by atoms with Crippen LogP contribution in [-0.2, 0) is 20.8 Å². The van der Waals surface area contributed by atoms with Crippen molar-refractivity contribution in [2.75, 3.05) is 13.6 Å². The van der Waals surface area contributed by atoms with Crippen LogP contribution in [0.1, 0.15) is 69.8 Å². The maximum atomic E-state index is 13.6. The molecular weight excluding hydrogens is 536 g/mol. The molecule has 0 heterocycles. The minimum atomic E-state index is -0.786. The first-order valence-electron chi connectivity index (χ1n) is 14.3. The largest absolute Gasteiger partial charge is 0.357 e. The summed E-state index contributed by atoms with van der Waals surface area (Å²) in [5, 5.41) is 11.0. The maximum Gasteiger partial charge on any atom is 0.251 e. The third-order valence-electron chi connectivity index (χ3n) is 6.25. The second-order valence-electron chi connectivity index (χ2n) is 11.5. The molecule has 0 fully saturated rings. The number of amides is 4. The second kappa shape index (κ2) is 16.8. The summed E-state index contributed by atoms with van der Waals surface area (Å²) in [4.78, 5) is 52.0. The highest BCUT2D eigenvalue weighted by Gasteiger charge is 2.31. The van der Waals surface area contributed by atoms with Gasteiger partial charge in [-0.25, -0.2) is 0 Å². The van der Waals surface area contributed by atoms with Crippen molar-refractivity contribution in [1.29, 1.82) is 0 Å². The van der Waals surface area contributed by atoms with E-state index in [0.717, 1.165) is 5.56 Å². The number of hydrogen-bond donors (Lipinski definition) is 4. The molecule has 3 atom stereocenters. The number of benzene rings is 2. The molecule has 0 saturated carbocycles. The summed E-state index contributed by atoms with van der Waals surface area (Å²) in [5.74, 6) is -0.910. The number of hydrogen-bond acceptors (Lipinski definition) is 5. The lowest BCUT2D eigenvalue weighted by Crippen LogP contribution is -2.55. The van der Waals surface area contributed by atoms with E-state index >= 15 is 0 Å². The molecule has 0 spiro atoms. The lowest BCUT2D eigenvalue weighted by atomic mass is 10.0. The number of nitrogens with one attached hydrogen (secondary N) is 4. The van der Waals surface area contributed by atoms with Crippen LogP contribution in [0.15, 0.2) is 60.7 Å². The third kappa shape index (κ3) is 12.8. The van der Waals surface area contributed by atoms with E-state index in [1.807, 2.05) is 83.1 Å². The Balaban J connectivity index is 2.08. The maximum absolute atomic E-state index is 13.6. The molecule has 0 aliphatic heterocycles. The van der Waals surface area contributed by atoms with Gasteiger partial charge in [0.15, 0.2) is 0 Å². The van der Waals surface area contributed by atoms with Crippen LogP contribution in [0, 0.1) is 5.92 Å². The summed E-state index contributed by atoms with van der Waals surface area (Å²) < 4.78 is -0.189. The monoisotopic (exact) mass is 582 g/mol. The molecule has 0 bridgehead atoms. The zero-order valence-electron chi connectivity index (χ0n) is 25.2. The summed E-state index contributed by atoms with van der Waals surface area (Å²) >= 11 is 1.54. The Hall–Kier alpha value is -3.33. The van der Waals surface area contributed by atoms with Gasteiger partial charge in [0.25, 0.3) is 5.91 Å². The van der Waals surface area contributed by atoms with Crippen molar-refractivity contribution >= 4 is 35.4 Å². The lowest BCUT2D eigenvalue weighted by molar-refractivity contribution is -0.132. The molecule has 41 heavy (non-hydrogen) atoms. The van der Waals surface area contributed by atoms with Gasteiger partial charge in [0.2, 0.25) is 17.7 Å². The van der Waals surface area contributed by atoms with Gasteiger partial charge in [0.1, 0.15) is 12.1 Å². The molecule has 1 unspecified atom stereocenters. The molecule has 2 aromatic rings. The van der Waals surface area contributed by atoms with E-state index < -0.39 is 17.3 Å². The molecule has 8 nitrogen and oxygen atoms in total. The van der Waals surface area contributed by atoms with Crippen LogP contribution < -0.4 is 21.3 Å². The second-order valence-corrected chi connectivity index (χ2v) is 13.6. The quantitative estimate of drug-likeness (QED) is 0.236. The summed E-state index contributed by atoms with van der Waals surface area (Å²) in [6.45, 7) is 10.6. The molecule has 0 saturated heterocycles. The average molecular weight is 583 g/mol. The van der Waals surface area contributed by atoms with Gasteiger partial charge in [-0.15, -0.1) is 11.8 Å². The van der Waals surface area contributed by atoms with Crippen LogP contribution >= 0.6 is 11.8 Å². The smallest absolute Gasteiger partial charge is 0.251 e. The van der Waals surface area contributed by atoms with Gasteiger partial charge in [0.05, 0.1) is 5.25 Å². The highest BCUT2D eigenvalue weighted by molar-refractivity contribution is 8.01. The average Bonchev–Trinajstić information content (AvgIpc) is 2.93. The van der Waals surface area contributed by atoms with Crippen molar-refractivity contribution in [3.8, 4) is 0 Å². The Kier molecular flexibility index (Phi) is 13.9. The SMILES string of the molecule is CNC(=O)[C@H](Cc1ccccc1)NC(=O)[C@H](CC(C)C)NC(=O)C(CCCNC(=O)c1ccccc1)SC(C)(C)C. The Labute approximate surface area is 249 Å². The van der Waals surface area contributed by atoms with Crippen LogP contribution in [-0.4, -0.2) is 59.3 Å². The zero-order chi connectivity index (χ0) is 30.4. The van der Waals surface area contributed by atoms with E-state index in [9.17, 15) is 19.2 Å². The van der Waals surface area contributed by atoms with E-state index in [0.29, 0.717) is 37.8 Å². The first-order chi connectivity index (χ1) is 19.4. The predicted octanol–water partition coefficient (Wildman–Crippen LogP) is 4.10. The van der Waals surface area contributed by atoms with Crippen molar-refractivity contribution in [3.63, 3.8) is 0 Å². The fourth-order valence-electron chi connectivity index (χ4n) is 4.32. The van der Waals surface area contributed by atoms with Crippen LogP contribution in [0.4, 0.5) is 0 Å². The number of thioether (sulfide) groups is 1. The van der Waals surface area contributed by atoms with Crippen LogP contribution in [0.5, 0.6) is 0 Å². The Morgan fingerprint density at radius 3 is 1.95 bits per heavy atom. The van der Waals surface area contributed by atoms with E-state index in [1.54, 1.807) is 23.9 Å². The lowest BCUT2D eigenvalue weighted by Gasteiger charge is -2.28. The molecule has 2 aromatic carbocycles. The van der Waals surface area contributed by atoms with Crippen molar-refractivity contribution < 1.29 is 19.2 Å². The van der Waals surface area contributed by atoms with Gasteiger partial charge < -0.3 is 21.3 Å². The Morgan fingerprint density at radius 2 is 1.39 bits per heavy atom. The van der Waals surface area contributed by atoms with Crippen molar-refractivity contribution in [2.24, 2.45) is 5.92 Å². The standard InChI is InChI=1S/C32H46N4O4S/c1-22(2)20-25(30(39)35-26(29(38)33-6)21-23-14-9-7-10-15-23)36-31(40)27(41-32(3,4)5)18-13-19-34-28(37)24-16-11-8-12-17-24/h7-12,14-17,22,25-27H,13,18-21H2,1-6H3,(H,33,38)(H,34,37)(H,35,39)(H,36,40)/t25-,26-,27?/m0/s1. The molecular formula is C32H46N4O4S. The van der Waals surface area contributed by atoms with Crippen LogP contribution in [0.25, 0.3) is 0 Å². The van der Waals surface area contributed by atoms with E-state index in [1.165, 1.54) is 7.05 Å². The molecule has 9 heteroatoms. The van der Waals surface area contributed by atoms with Crippen molar-refractivity contribution in [1.82, 2.24) is 21.3 Å². The number of carbonyl (C=O) groups excluding carboxylic acids is 4. The highest BCUT2D eigenvalue weighted by Crippen LogP contribution is 2.31.